The Kier molecular flexibility index (Phi) is 4.25. The SMILES string of the molecule is Cc1c(CN2CCC3(c4cccc(N)c4)CCCC2C3)sc2ccccc12. The molecule has 140 valence electrons. The number of nitrogens with zero attached hydrogens (tertiary/aromatic N) is 1. The summed E-state index contributed by atoms with van der Waals surface area (Å²) in [6.07, 6.45) is 6.55. The second kappa shape index (κ2) is 6.65. The van der Waals surface area contributed by atoms with Crippen molar-refractivity contribution in [1.29, 1.82) is 0 Å². The van der Waals surface area contributed by atoms with Gasteiger partial charge < -0.3 is 5.73 Å². The highest BCUT2D eigenvalue weighted by atomic mass is 32.1. The average Bonchev–Trinajstić information content (AvgIpc) is 3.00. The van der Waals surface area contributed by atoms with E-state index in [-0.39, 0.29) is 0 Å². The van der Waals surface area contributed by atoms with Crippen LogP contribution in [-0.2, 0) is 12.0 Å². The van der Waals surface area contributed by atoms with E-state index in [9.17, 15) is 0 Å². The molecular weight excluding hydrogens is 348 g/mol. The van der Waals surface area contributed by atoms with Crippen LogP contribution < -0.4 is 5.73 Å². The lowest BCUT2D eigenvalue weighted by molar-refractivity contribution is 0.0465. The molecule has 2 aromatic carbocycles. The van der Waals surface area contributed by atoms with E-state index >= 15 is 0 Å². The quantitative estimate of drug-likeness (QED) is 0.579. The molecule has 2 heterocycles. The Morgan fingerprint density at radius 2 is 2.04 bits per heavy atom. The van der Waals surface area contributed by atoms with Crippen LogP contribution in [0.1, 0.15) is 48.1 Å². The molecule has 1 aliphatic carbocycles. The van der Waals surface area contributed by atoms with Gasteiger partial charge in [0.15, 0.2) is 0 Å². The van der Waals surface area contributed by atoms with Gasteiger partial charge in [-0.25, -0.2) is 0 Å². The van der Waals surface area contributed by atoms with Crippen molar-refractivity contribution in [1.82, 2.24) is 4.90 Å². The van der Waals surface area contributed by atoms with Gasteiger partial charge in [0.25, 0.3) is 0 Å². The number of piperidine rings is 1. The Hall–Kier alpha value is -1.84. The lowest BCUT2D eigenvalue weighted by Crippen LogP contribution is -2.51. The number of rotatable bonds is 3. The first kappa shape index (κ1) is 17.3. The van der Waals surface area contributed by atoms with Gasteiger partial charge in [0.2, 0.25) is 0 Å². The lowest BCUT2D eigenvalue weighted by Gasteiger charge is -2.51. The summed E-state index contributed by atoms with van der Waals surface area (Å²) in [5, 5.41) is 1.44. The summed E-state index contributed by atoms with van der Waals surface area (Å²) >= 11 is 1.99. The zero-order valence-corrected chi connectivity index (χ0v) is 16.9. The average molecular weight is 377 g/mol. The second-order valence-corrected chi connectivity index (χ2v) is 9.66. The number of aryl methyl sites for hydroxylation is 1. The number of hydrogen-bond donors (Lipinski definition) is 1. The molecule has 2 fully saturated rings. The minimum absolute atomic E-state index is 0.351. The molecule has 0 amide bonds. The van der Waals surface area contributed by atoms with Crippen LogP contribution in [0.3, 0.4) is 0 Å². The van der Waals surface area contributed by atoms with Crippen molar-refractivity contribution in [2.24, 2.45) is 0 Å². The summed E-state index contributed by atoms with van der Waals surface area (Å²) in [6, 6.07) is 18.2. The van der Waals surface area contributed by atoms with Crippen LogP contribution >= 0.6 is 11.3 Å². The summed E-state index contributed by atoms with van der Waals surface area (Å²) in [7, 11) is 0. The van der Waals surface area contributed by atoms with Crippen molar-refractivity contribution in [3.8, 4) is 0 Å². The van der Waals surface area contributed by atoms with E-state index in [4.69, 9.17) is 5.73 Å². The number of anilines is 1. The molecular formula is C24H28N2S. The zero-order chi connectivity index (χ0) is 18.4. The van der Waals surface area contributed by atoms with Crippen molar-refractivity contribution in [2.45, 2.75) is 57.0 Å². The molecule has 2 unspecified atom stereocenters. The normalized spacial score (nSPS) is 25.7. The Bertz CT molecular complexity index is 975. The van der Waals surface area contributed by atoms with E-state index in [0.29, 0.717) is 11.5 Å². The zero-order valence-electron chi connectivity index (χ0n) is 16.1. The molecule has 3 heteroatoms. The molecule has 1 aliphatic heterocycles. The van der Waals surface area contributed by atoms with E-state index < -0.39 is 0 Å². The first-order valence-electron chi connectivity index (χ1n) is 10.2. The minimum atomic E-state index is 0.351. The Morgan fingerprint density at radius 1 is 1.15 bits per heavy atom. The number of thiophene rings is 1. The highest BCUT2D eigenvalue weighted by Crippen LogP contribution is 2.48. The molecule has 1 aromatic heterocycles. The molecule has 5 rings (SSSR count). The number of hydrogen-bond acceptors (Lipinski definition) is 3. The molecule has 2 bridgehead atoms. The van der Waals surface area contributed by atoms with Crippen molar-refractivity contribution < 1.29 is 0 Å². The van der Waals surface area contributed by atoms with Crippen molar-refractivity contribution >= 4 is 27.1 Å². The van der Waals surface area contributed by atoms with Gasteiger partial charge in [-0.2, -0.15) is 0 Å². The van der Waals surface area contributed by atoms with Crippen molar-refractivity contribution in [3.05, 3.63) is 64.5 Å². The van der Waals surface area contributed by atoms with Crippen molar-refractivity contribution in [3.63, 3.8) is 0 Å². The molecule has 2 atom stereocenters. The molecule has 0 radical (unpaired) electrons. The third kappa shape index (κ3) is 2.97. The molecule has 2 aliphatic rings. The van der Waals surface area contributed by atoms with Crippen LogP contribution in [0.5, 0.6) is 0 Å². The van der Waals surface area contributed by atoms with Gasteiger partial charge >= 0.3 is 0 Å². The van der Waals surface area contributed by atoms with E-state index in [1.54, 1.807) is 4.88 Å². The third-order valence-corrected chi connectivity index (χ3v) is 8.26. The van der Waals surface area contributed by atoms with Crippen LogP contribution in [0.2, 0.25) is 0 Å². The molecule has 3 aromatic rings. The number of nitrogen functional groups attached to an aromatic ring is 1. The molecule has 27 heavy (non-hydrogen) atoms. The third-order valence-electron chi connectivity index (χ3n) is 7.00. The first-order chi connectivity index (χ1) is 13.1. The fourth-order valence-corrected chi connectivity index (χ4v) is 6.69. The number of likely N-dealkylation sites (tertiary alicyclic amines) is 1. The van der Waals surface area contributed by atoms with Crippen LogP contribution in [-0.4, -0.2) is 17.5 Å². The predicted octanol–water partition coefficient (Wildman–Crippen LogP) is 5.88. The molecule has 0 spiro atoms. The number of nitrogens with two attached hydrogens (primary N) is 1. The number of benzene rings is 2. The highest BCUT2D eigenvalue weighted by molar-refractivity contribution is 7.19. The summed E-state index contributed by atoms with van der Waals surface area (Å²) in [4.78, 5) is 4.32. The topological polar surface area (TPSA) is 29.3 Å². The van der Waals surface area contributed by atoms with E-state index in [1.807, 2.05) is 17.4 Å². The predicted molar refractivity (Wildman–Crippen MR) is 116 cm³/mol. The summed E-state index contributed by atoms with van der Waals surface area (Å²) in [6.45, 7) is 4.62. The first-order valence-corrected chi connectivity index (χ1v) is 11.0. The van der Waals surface area contributed by atoms with Gasteiger partial charge in [-0.1, -0.05) is 36.8 Å². The van der Waals surface area contributed by atoms with Gasteiger partial charge in [0, 0.05) is 27.9 Å². The van der Waals surface area contributed by atoms with E-state index in [1.165, 1.54) is 59.9 Å². The van der Waals surface area contributed by atoms with Crippen LogP contribution in [0, 0.1) is 6.92 Å². The fraction of sp³-hybridized carbons (Fsp3) is 0.417. The monoisotopic (exact) mass is 376 g/mol. The maximum absolute atomic E-state index is 6.11. The van der Waals surface area contributed by atoms with Crippen LogP contribution in [0.25, 0.3) is 10.1 Å². The summed E-state index contributed by atoms with van der Waals surface area (Å²) < 4.78 is 1.43. The largest absolute Gasteiger partial charge is 0.399 e. The maximum atomic E-state index is 6.11. The Balaban J connectivity index is 1.40. The van der Waals surface area contributed by atoms with Crippen LogP contribution in [0.4, 0.5) is 5.69 Å². The summed E-state index contributed by atoms with van der Waals surface area (Å²) in [5.74, 6) is 0. The smallest absolute Gasteiger partial charge is 0.0348 e. The summed E-state index contributed by atoms with van der Waals surface area (Å²) in [5.41, 5.74) is 10.3. The molecule has 2 nitrogen and oxygen atoms in total. The van der Waals surface area contributed by atoms with Gasteiger partial charge in [0.05, 0.1) is 0 Å². The standard InChI is InChI=1S/C24H28N2S/c1-17-21-9-2-3-10-22(21)27-23(17)16-26-13-12-24(11-5-8-20(26)15-24)18-6-4-7-19(25)14-18/h2-4,6-7,9-10,14,20H,5,8,11-13,15-16,25H2,1H3. The van der Waals surface area contributed by atoms with Crippen molar-refractivity contribution in [2.75, 3.05) is 12.3 Å². The maximum Gasteiger partial charge on any atom is 0.0348 e. The molecule has 1 saturated heterocycles. The van der Waals surface area contributed by atoms with Gasteiger partial charge in [-0.3, -0.25) is 4.90 Å². The lowest BCUT2D eigenvalue weighted by atomic mass is 9.63. The highest BCUT2D eigenvalue weighted by Gasteiger charge is 2.43. The van der Waals surface area contributed by atoms with Gasteiger partial charge in [-0.15, -0.1) is 11.3 Å². The van der Waals surface area contributed by atoms with Crippen LogP contribution in [0.15, 0.2) is 48.5 Å². The molecule has 1 saturated carbocycles. The van der Waals surface area contributed by atoms with Gasteiger partial charge in [-0.05, 0) is 79.3 Å². The van der Waals surface area contributed by atoms with Gasteiger partial charge in [0.1, 0.15) is 0 Å². The van der Waals surface area contributed by atoms with E-state index in [2.05, 4.69) is 54.3 Å². The van der Waals surface area contributed by atoms with E-state index in [0.717, 1.165) is 12.2 Å². The molecule has 2 N–H and O–H groups in total. The Morgan fingerprint density at radius 3 is 2.89 bits per heavy atom. The Labute approximate surface area is 166 Å². The second-order valence-electron chi connectivity index (χ2n) is 8.52. The minimum Gasteiger partial charge on any atom is -0.399 e. The number of fused-ring (bicyclic) bond motifs is 3. The fourth-order valence-electron chi connectivity index (χ4n) is 5.45.